The average molecular weight is 296 g/mol. The summed E-state index contributed by atoms with van der Waals surface area (Å²) in [4.78, 5) is 8.39. The predicted molar refractivity (Wildman–Crippen MR) is 84.5 cm³/mol. The number of anilines is 3. The highest BCUT2D eigenvalue weighted by Gasteiger charge is 2.09. The fourth-order valence-corrected chi connectivity index (χ4v) is 1.96. The summed E-state index contributed by atoms with van der Waals surface area (Å²) in [5, 5.41) is 7.41. The van der Waals surface area contributed by atoms with E-state index in [1.165, 1.54) is 4.68 Å². The number of nitrogen functional groups attached to an aromatic ring is 1. The second-order valence-electron chi connectivity index (χ2n) is 4.48. The van der Waals surface area contributed by atoms with Crippen molar-refractivity contribution in [3.63, 3.8) is 0 Å². The van der Waals surface area contributed by atoms with Gasteiger partial charge in [0.2, 0.25) is 11.9 Å². The molecule has 0 fully saturated rings. The standard InChI is InChI=1S/C15H16N6O/c1-2-22-12-8-6-11(7-9-12)18-15-19-14(16)21(20-15)13-5-3-4-10-17-13/h3-10H,2H2,1H3,(H3,16,18,19,20). The van der Waals surface area contributed by atoms with Crippen LogP contribution in [-0.2, 0) is 0 Å². The zero-order valence-corrected chi connectivity index (χ0v) is 12.1. The molecule has 7 heteroatoms. The van der Waals surface area contributed by atoms with Crippen LogP contribution in [0.2, 0.25) is 0 Å². The smallest absolute Gasteiger partial charge is 0.248 e. The Hall–Kier alpha value is -3.09. The Morgan fingerprint density at radius 1 is 1.18 bits per heavy atom. The normalized spacial score (nSPS) is 10.4. The zero-order chi connectivity index (χ0) is 15.4. The number of hydrogen-bond donors (Lipinski definition) is 2. The molecule has 0 saturated carbocycles. The number of rotatable bonds is 5. The topological polar surface area (TPSA) is 90.9 Å². The maximum Gasteiger partial charge on any atom is 0.248 e. The second-order valence-corrected chi connectivity index (χ2v) is 4.48. The van der Waals surface area contributed by atoms with Crippen LogP contribution in [0.25, 0.3) is 5.82 Å². The molecule has 2 aromatic heterocycles. The lowest BCUT2D eigenvalue weighted by Gasteiger charge is -2.05. The molecule has 22 heavy (non-hydrogen) atoms. The Bertz CT molecular complexity index is 738. The molecule has 3 N–H and O–H groups in total. The zero-order valence-electron chi connectivity index (χ0n) is 12.1. The van der Waals surface area contributed by atoms with E-state index in [4.69, 9.17) is 10.5 Å². The van der Waals surface area contributed by atoms with Gasteiger partial charge in [-0.25, -0.2) is 4.98 Å². The molecule has 112 valence electrons. The van der Waals surface area contributed by atoms with Gasteiger partial charge in [-0.1, -0.05) is 6.07 Å². The van der Waals surface area contributed by atoms with Gasteiger partial charge in [-0.05, 0) is 43.3 Å². The predicted octanol–water partition coefficient (Wildman–Crippen LogP) is 2.39. The Labute approximate surface area is 127 Å². The van der Waals surface area contributed by atoms with Crippen LogP contribution < -0.4 is 15.8 Å². The molecular formula is C15H16N6O. The fraction of sp³-hybridized carbons (Fsp3) is 0.133. The summed E-state index contributed by atoms with van der Waals surface area (Å²) in [6.07, 6.45) is 1.68. The van der Waals surface area contributed by atoms with Gasteiger partial charge in [-0.2, -0.15) is 9.67 Å². The lowest BCUT2D eigenvalue weighted by Crippen LogP contribution is -2.04. The molecule has 7 nitrogen and oxygen atoms in total. The molecule has 0 spiro atoms. The van der Waals surface area contributed by atoms with Gasteiger partial charge in [0.25, 0.3) is 0 Å². The third-order valence-electron chi connectivity index (χ3n) is 2.92. The van der Waals surface area contributed by atoms with Crippen molar-refractivity contribution in [2.24, 2.45) is 0 Å². The number of ether oxygens (including phenoxy) is 1. The van der Waals surface area contributed by atoms with Crippen molar-refractivity contribution in [1.82, 2.24) is 19.7 Å². The summed E-state index contributed by atoms with van der Waals surface area (Å²) in [7, 11) is 0. The molecule has 3 rings (SSSR count). The summed E-state index contributed by atoms with van der Waals surface area (Å²) < 4.78 is 6.88. The van der Waals surface area contributed by atoms with Gasteiger partial charge < -0.3 is 15.8 Å². The summed E-state index contributed by atoms with van der Waals surface area (Å²) in [6.45, 7) is 2.59. The van der Waals surface area contributed by atoms with Crippen molar-refractivity contribution < 1.29 is 4.74 Å². The van der Waals surface area contributed by atoms with Crippen molar-refractivity contribution >= 4 is 17.6 Å². The molecule has 0 aliphatic rings. The number of nitrogens with one attached hydrogen (secondary N) is 1. The van der Waals surface area contributed by atoms with Gasteiger partial charge in [0.05, 0.1) is 6.61 Å². The van der Waals surface area contributed by atoms with Crippen molar-refractivity contribution in [1.29, 1.82) is 0 Å². The lowest BCUT2D eigenvalue weighted by molar-refractivity contribution is 0.340. The quantitative estimate of drug-likeness (QED) is 0.751. The number of nitrogens with zero attached hydrogens (tertiary/aromatic N) is 4. The third-order valence-corrected chi connectivity index (χ3v) is 2.92. The van der Waals surface area contributed by atoms with E-state index in [9.17, 15) is 0 Å². The van der Waals surface area contributed by atoms with Gasteiger partial charge in [0.1, 0.15) is 5.75 Å². The first kappa shape index (κ1) is 13.9. The monoisotopic (exact) mass is 296 g/mol. The molecule has 0 amide bonds. The minimum atomic E-state index is 0.270. The van der Waals surface area contributed by atoms with E-state index >= 15 is 0 Å². The Morgan fingerprint density at radius 3 is 2.68 bits per heavy atom. The van der Waals surface area contributed by atoms with E-state index in [0.29, 0.717) is 18.4 Å². The van der Waals surface area contributed by atoms with Gasteiger partial charge in [0.15, 0.2) is 5.82 Å². The summed E-state index contributed by atoms with van der Waals surface area (Å²) in [6, 6.07) is 13.0. The number of hydrogen-bond acceptors (Lipinski definition) is 6. The maximum atomic E-state index is 5.88. The van der Waals surface area contributed by atoms with E-state index in [1.807, 2.05) is 49.4 Å². The van der Waals surface area contributed by atoms with Gasteiger partial charge in [-0.15, -0.1) is 5.10 Å². The van der Waals surface area contributed by atoms with E-state index in [2.05, 4.69) is 20.4 Å². The number of aromatic nitrogens is 4. The van der Waals surface area contributed by atoms with Crippen LogP contribution in [-0.4, -0.2) is 26.4 Å². The van der Waals surface area contributed by atoms with E-state index < -0.39 is 0 Å². The third kappa shape index (κ3) is 2.98. The van der Waals surface area contributed by atoms with Crippen LogP contribution in [0.5, 0.6) is 5.75 Å². The Morgan fingerprint density at radius 2 is 2.00 bits per heavy atom. The minimum absolute atomic E-state index is 0.270. The first-order chi connectivity index (χ1) is 10.8. The summed E-state index contributed by atoms with van der Waals surface area (Å²) in [5.74, 6) is 2.12. The molecule has 3 aromatic rings. The first-order valence-electron chi connectivity index (χ1n) is 6.90. The highest BCUT2D eigenvalue weighted by molar-refractivity contribution is 5.55. The summed E-state index contributed by atoms with van der Waals surface area (Å²) in [5.41, 5.74) is 6.73. The highest BCUT2D eigenvalue weighted by Crippen LogP contribution is 2.19. The van der Waals surface area contributed by atoms with Crippen LogP contribution in [0.4, 0.5) is 17.6 Å². The van der Waals surface area contributed by atoms with Crippen molar-refractivity contribution in [3.05, 3.63) is 48.7 Å². The molecule has 0 aliphatic heterocycles. The summed E-state index contributed by atoms with van der Waals surface area (Å²) >= 11 is 0. The molecular weight excluding hydrogens is 280 g/mol. The van der Waals surface area contributed by atoms with E-state index in [1.54, 1.807) is 6.20 Å². The van der Waals surface area contributed by atoms with E-state index in [0.717, 1.165) is 11.4 Å². The molecule has 0 aliphatic carbocycles. The van der Waals surface area contributed by atoms with Gasteiger partial charge in [0, 0.05) is 11.9 Å². The van der Waals surface area contributed by atoms with Crippen LogP contribution in [0.3, 0.4) is 0 Å². The SMILES string of the molecule is CCOc1ccc(Nc2nc(N)n(-c3ccccn3)n2)cc1. The molecule has 0 saturated heterocycles. The number of benzene rings is 1. The second kappa shape index (κ2) is 6.13. The highest BCUT2D eigenvalue weighted by atomic mass is 16.5. The number of nitrogens with two attached hydrogens (primary N) is 1. The lowest BCUT2D eigenvalue weighted by atomic mass is 10.3. The fourth-order valence-electron chi connectivity index (χ4n) is 1.96. The first-order valence-corrected chi connectivity index (χ1v) is 6.90. The average Bonchev–Trinajstić information content (AvgIpc) is 2.91. The Kier molecular flexibility index (Phi) is 3.86. The molecule has 0 bridgehead atoms. The molecule has 1 aromatic carbocycles. The molecule has 2 heterocycles. The molecule has 0 atom stereocenters. The van der Waals surface area contributed by atoms with Crippen LogP contribution >= 0.6 is 0 Å². The molecule has 0 unspecified atom stereocenters. The van der Waals surface area contributed by atoms with Gasteiger partial charge in [-0.3, -0.25) is 0 Å². The largest absolute Gasteiger partial charge is 0.494 e. The maximum absolute atomic E-state index is 5.88. The minimum Gasteiger partial charge on any atom is -0.494 e. The van der Waals surface area contributed by atoms with Gasteiger partial charge >= 0.3 is 0 Å². The number of pyridine rings is 1. The van der Waals surface area contributed by atoms with Crippen LogP contribution in [0.15, 0.2) is 48.7 Å². The van der Waals surface area contributed by atoms with Crippen molar-refractivity contribution in [3.8, 4) is 11.6 Å². The molecule has 0 radical (unpaired) electrons. The van der Waals surface area contributed by atoms with E-state index in [-0.39, 0.29) is 5.95 Å². The van der Waals surface area contributed by atoms with Crippen molar-refractivity contribution in [2.45, 2.75) is 6.92 Å². The van der Waals surface area contributed by atoms with Crippen LogP contribution in [0.1, 0.15) is 6.92 Å². The van der Waals surface area contributed by atoms with Crippen molar-refractivity contribution in [2.75, 3.05) is 17.7 Å². The Balaban J connectivity index is 1.79. The van der Waals surface area contributed by atoms with Crippen LogP contribution in [0, 0.1) is 0 Å².